The fourth-order valence-corrected chi connectivity index (χ4v) is 4.67. The minimum absolute atomic E-state index is 0.00230. The number of amides is 4. The smallest absolute Gasteiger partial charge is 0.289 e. The van der Waals surface area contributed by atoms with Crippen LogP contribution in [-0.2, 0) is 38.6 Å². The van der Waals surface area contributed by atoms with Crippen molar-refractivity contribution >= 4 is 29.4 Å². The lowest BCUT2D eigenvalue weighted by Gasteiger charge is -2.24. The fraction of sp³-hybridized carbons (Fsp3) is 0.257. The number of nitrogens with one attached hydrogen (secondary N) is 4. The molecule has 0 fully saturated rings. The summed E-state index contributed by atoms with van der Waals surface area (Å²) in [5.74, 6) is -2.63. The van der Waals surface area contributed by atoms with Gasteiger partial charge in [0, 0.05) is 25.5 Å². The summed E-state index contributed by atoms with van der Waals surface area (Å²) in [6.07, 6.45) is 0.0775. The Labute approximate surface area is 272 Å². The van der Waals surface area contributed by atoms with Crippen LogP contribution in [0, 0.1) is 6.92 Å². The van der Waals surface area contributed by atoms with Gasteiger partial charge < -0.3 is 30.5 Å². The van der Waals surface area contributed by atoms with Crippen molar-refractivity contribution in [2.45, 2.75) is 51.4 Å². The van der Waals surface area contributed by atoms with E-state index in [1.54, 1.807) is 55.5 Å². The number of ether oxygens (including phenoxy) is 1. The molecule has 0 spiro atoms. The van der Waals surface area contributed by atoms with E-state index < -0.39 is 47.5 Å². The number of benzene rings is 3. The van der Waals surface area contributed by atoms with Crippen LogP contribution in [0.3, 0.4) is 0 Å². The number of aromatic nitrogens is 1. The van der Waals surface area contributed by atoms with Crippen molar-refractivity contribution in [3.05, 3.63) is 119 Å². The third-order valence-corrected chi connectivity index (χ3v) is 7.27. The van der Waals surface area contributed by atoms with Crippen molar-refractivity contribution in [1.82, 2.24) is 26.4 Å². The quantitative estimate of drug-likeness (QED) is 0.144. The third kappa shape index (κ3) is 10.1. The van der Waals surface area contributed by atoms with Gasteiger partial charge in [-0.05, 0) is 42.7 Å². The molecule has 12 heteroatoms. The number of rotatable bonds is 15. The zero-order valence-corrected chi connectivity index (χ0v) is 26.3. The Hall–Kier alpha value is -5.78. The van der Waals surface area contributed by atoms with Crippen LogP contribution in [0.2, 0.25) is 0 Å². The summed E-state index contributed by atoms with van der Waals surface area (Å²) >= 11 is 0. The average molecular weight is 640 g/mol. The lowest BCUT2D eigenvalue weighted by molar-refractivity contribution is -0.140. The molecule has 0 aliphatic rings. The van der Waals surface area contributed by atoms with Gasteiger partial charge in [-0.2, -0.15) is 0 Å². The molecule has 4 aromatic rings. The van der Waals surface area contributed by atoms with E-state index in [-0.39, 0.29) is 25.1 Å². The minimum atomic E-state index is -1.23. The molecular formula is C35H37N5O7. The molecule has 4 N–H and O–H groups in total. The van der Waals surface area contributed by atoms with E-state index in [1.165, 1.54) is 20.1 Å². The zero-order chi connectivity index (χ0) is 33.8. The summed E-state index contributed by atoms with van der Waals surface area (Å²) in [5.41, 5.74) is 2.21. The predicted octanol–water partition coefficient (Wildman–Crippen LogP) is 2.45. The molecule has 0 saturated heterocycles. The van der Waals surface area contributed by atoms with E-state index in [1.807, 2.05) is 36.4 Å². The molecule has 0 radical (unpaired) electrons. The first-order valence-electron chi connectivity index (χ1n) is 15.0. The Morgan fingerprint density at radius 3 is 1.91 bits per heavy atom. The molecular weight excluding hydrogens is 602 g/mol. The molecule has 47 heavy (non-hydrogen) atoms. The van der Waals surface area contributed by atoms with E-state index >= 15 is 0 Å². The van der Waals surface area contributed by atoms with Crippen LogP contribution in [0.5, 0.6) is 5.75 Å². The Bertz CT molecular complexity index is 1670. The van der Waals surface area contributed by atoms with E-state index in [9.17, 15) is 24.0 Å². The van der Waals surface area contributed by atoms with Crippen molar-refractivity contribution in [3.63, 3.8) is 0 Å². The summed E-state index contributed by atoms with van der Waals surface area (Å²) < 4.78 is 10.2. The Morgan fingerprint density at radius 1 is 0.745 bits per heavy atom. The third-order valence-electron chi connectivity index (χ3n) is 7.27. The summed E-state index contributed by atoms with van der Waals surface area (Å²) in [6.45, 7) is 3.22. The van der Waals surface area contributed by atoms with Crippen molar-refractivity contribution in [3.8, 4) is 5.75 Å². The second-order valence-corrected chi connectivity index (χ2v) is 10.9. The maximum absolute atomic E-state index is 13.8. The molecule has 0 saturated carbocycles. The van der Waals surface area contributed by atoms with Crippen molar-refractivity contribution in [2.75, 3.05) is 7.11 Å². The molecule has 0 aliphatic heterocycles. The fourth-order valence-electron chi connectivity index (χ4n) is 4.67. The second-order valence-electron chi connectivity index (χ2n) is 10.9. The highest BCUT2D eigenvalue weighted by Gasteiger charge is 2.31. The number of methoxy groups -OCH3 is 1. The van der Waals surface area contributed by atoms with Crippen LogP contribution < -0.4 is 26.0 Å². The van der Waals surface area contributed by atoms with Crippen molar-refractivity contribution in [1.29, 1.82) is 0 Å². The maximum Gasteiger partial charge on any atom is 0.289 e. The van der Waals surface area contributed by atoms with Gasteiger partial charge >= 0.3 is 0 Å². The Balaban J connectivity index is 1.52. The summed E-state index contributed by atoms with van der Waals surface area (Å²) in [5, 5.41) is 14.2. The highest BCUT2D eigenvalue weighted by Crippen LogP contribution is 2.14. The number of aryl methyl sites for hydroxylation is 1. The SMILES string of the molecule is COc1ccc(C[C@H](NC(=O)[C@H](C)NC(=O)c2cc(C)on2)C(=O)N[C@@H](Cc2ccccc2)C(=O)C(=O)NCc2ccccc2)cc1. The first-order valence-corrected chi connectivity index (χ1v) is 15.0. The first kappa shape index (κ1) is 34.1. The number of carbonyl (C=O) groups is 5. The Kier molecular flexibility index (Phi) is 12.0. The van der Waals surface area contributed by atoms with Gasteiger partial charge in [0.05, 0.1) is 7.11 Å². The van der Waals surface area contributed by atoms with Gasteiger partial charge in [0.1, 0.15) is 29.6 Å². The average Bonchev–Trinajstić information content (AvgIpc) is 3.53. The van der Waals surface area contributed by atoms with Crippen LogP contribution in [-0.4, -0.2) is 59.8 Å². The van der Waals surface area contributed by atoms with Gasteiger partial charge in [0.15, 0.2) is 5.69 Å². The number of nitrogens with zero attached hydrogens (tertiary/aromatic N) is 1. The van der Waals surface area contributed by atoms with E-state index in [4.69, 9.17) is 9.26 Å². The molecule has 1 heterocycles. The van der Waals surface area contributed by atoms with Gasteiger partial charge in [-0.1, -0.05) is 78.0 Å². The topological polar surface area (TPSA) is 169 Å². The van der Waals surface area contributed by atoms with Gasteiger partial charge in [0.2, 0.25) is 17.6 Å². The molecule has 0 unspecified atom stereocenters. The Morgan fingerprint density at radius 2 is 1.32 bits per heavy atom. The number of hydrogen-bond donors (Lipinski definition) is 4. The van der Waals surface area contributed by atoms with Gasteiger partial charge in [-0.25, -0.2) is 0 Å². The summed E-state index contributed by atoms with van der Waals surface area (Å²) in [4.78, 5) is 66.1. The largest absolute Gasteiger partial charge is 0.497 e. The minimum Gasteiger partial charge on any atom is -0.497 e. The normalized spacial score (nSPS) is 12.6. The monoisotopic (exact) mass is 639 g/mol. The van der Waals surface area contributed by atoms with Crippen LogP contribution >= 0.6 is 0 Å². The lowest BCUT2D eigenvalue weighted by Crippen LogP contribution is -2.57. The molecule has 244 valence electrons. The van der Waals surface area contributed by atoms with E-state index in [2.05, 4.69) is 26.4 Å². The summed E-state index contributed by atoms with van der Waals surface area (Å²) in [7, 11) is 1.53. The molecule has 4 rings (SSSR count). The summed E-state index contributed by atoms with van der Waals surface area (Å²) in [6, 6.07) is 23.0. The molecule has 3 aromatic carbocycles. The second kappa shape index (κ2) is 16.5. The first-order chi connectivity index (χ1) is 22.6. The molecule has 3 atom stereocenters. The molecule has 0 aliphatic carbocycles. The zero-order valence-electron chi connectivity index (χ0n) is 26.3. The number of ketones is 1. The predicted molar refractivity (Wildman–Crippen MR) is 172 cm³/mol. The van der Waals surface area contributed by atoms with Gasteiger partial charge in [-0.3, -0.25) is 24.0 Å². The molecule has 12 nitrogen and oxygen atoms in total. The van der Waals surface area contributed by atoms with E-state index in [0.29, 0.717) is 17.1 Å². The van der Waals surface area contributed by atoms with Crippen molar-refractivity contribution in [2.24, 2.45) is 0 Å². The van der Waals surface area contributed by atoms with E-state index in [0.717, 1.165) is 11.1 Å². The molecule has 4 amide bonds. The lowest BCUT2D eigenvalue weighted by atomic mass is 9.99. The highest BCUT2D eigenvalue weighted by atomic mass is 16.5. The number of Topliss-reactive ketones (excluding diaryl/α,β-unsaturated/α-hetero) is 1. The maximum atomic E-state index is 13.8. The van der Waals surface area contributed by atoms with Crippen molar-refractivity contribution < 1.29 is 33.2 Å². The van der Waals surface area contributed by atoms with Crippen LogP contribution in [0.4, 0.5) is 0 Å². The van der Waals surface area contributed by atoms with Gasteiger partial charge in [-0.15, -0.1) is 0 Å². The number of carbonyl (C=O) groups excluding carboxylic acids is 5. The van der Waals surface area contributed by atoms with Crippen LogP contribution in [0.15, 0.2) is 95.5 Å². The van der Waals surface area contributed by atoms with Crippen LogP contribution in [0.1, 0.15) is 39.9 Å². The van der Waals surface area contributed by atoms with Gasteiger partial charge in [0.25, 0.3) is 11.8 Å². The number of hydrogen-bond acceptors (Lipinski definition) is 8. The standard InChI is InChI=1S/C35H37N5O7/c1-22-18-30(40-47-22)34(44)37-23(2)32(42)39-29(20-25-14-16-27(46-3)17-15-25)33(43)38-28(19-24-10-6-4-7-11-24)31(41)35(45)36-21-26-12-8-5-9-13-26/h4-18,23,28-29H,19-21H2,1-3H3,(H,36,45)(H,37,44)(H,38,43)(H,39,42)/t23-,28-,29-/m0/s1. The van der Waals surface area contributed by atoms with Crippen LogP contribution in [0.25, 0.3) is 0 Å². The molecule has 0 bridgehead atoms. The molecule has 1 aromatic heterocycles. The highest BCUT2D eigenvalue weighted by molar-refractivity contribution is 6.38.